The van der Waals surface area contributed by atoms with Crippen LogP contribution in [0.3, 0.4) is 0 Å². The molecule has 2 N–H and O–H groups in total. The highest BCUT2D eigenvalue weighted by molar-refractivity contribution is 7.85. The molecule has 1 aromatic rings. The summed E-state index contributed by atoms with van der Waals surface area (Å²) in [7, 11) is -2.52. The molecule has 0 aromatic heterocycles. The first-order valence-corrected chi connectivity index (χ1v) is 7.15. The van der Waals surface area contributed by atoms with Gasteiger partial charge in [-0.2, -0.15) is 13.2 Å². The van der Waals surface area contributed by atoms with Gasteiger partial charge >= 0.3 is 6.18 Å². The third kappa shape index (κ3) is 5.40. The average molecular weight is 369 g/mol. The molecule has 0 radical (unpaired) electrons. The van der Waals surface area contributed by atoms with E-state index in [1.807, 2.05) is 0 Å². The number of hydrogen-bond donors (Lipinski definition) is 1. The highest BCUT2D eigenvalue weighted by atomic mass is 35.5. The molecule has 3 nitrogen and oxygen atoms in total. The standard InChI is InChI=1S/C10H7Cl2F5N2OS/c11-4-1-5(12)7(21(20)3-10(15,16)17)2-6(4)19-9(18)8(13)14/h1-2,8H,3H2,(H2,18,19). The Morgan fingerprint density at radius 1 is 1.29 bits per heavy atom. The number of alkyl halides is 5. The maximum Gasteiger partial charge on any atom is 0.400 e. The van der Waals surface area contributed by atoms with Gasteiger partial charge in [-0.25, -0.2) is 13.8 Å². The fourth-order valence-electron chi connectivity index (χ4n) is 1.19. The van der Waals surface area contributed by atoms with Crippen LogP contribution in [-0.4, -0.2) is 28.4 Å². The number of aliphatic imine (C=N–C) groups is 1. The highest BCUT2D eigenvalue weighted by Crippen LogP contribution is 2.34. The minimum atomic E-state index is -4.68. The summed E-state index contributed by atoms with van der Waals surface area (Å²) in [6, 6.07) is 1.80. The van der Waals surface area contributed by atoms with Crippen LogP contribution in [0.1, 0.15) is 0 Å². The predicted molar refractivity (Wildman–Crippen MR) is 71.1 cm³/mol. The normalized spacial score (nSPS) is 14.6. The van der Waals surface area contributed by atoms with Crippen LogP contribution in [0.25, 0.3) is 0 Å². The van der Waals surface area contributed by atoms with Gasteiger partial charge in [0.05, 0.1) is 31.4 Å². The number of nitrogens with two attached hydrogens (primary N) is 1. The first kappa shape index (κ1) is 18.1. The van der Waals surface area contributed by atoms with Crippen molar-refractivity contribution in [3.63, 3.8) is 0 Å². The molecule has 0 spiro atoms. The molecule has 21 heavy (non-hydrogen) atoms. The molecule has 0 amide bonds. The molecule has 0 aliphatic carbocycles. The molecule has 0 fully saturated rings. The molecular weight excluding hydrogens is 362 g/mol. The van der Waals surface area contributed by atoms with Crippen molar-refractivity contribution >= 4 is 45.5 Å². The van der Waals surface area contributed by atoms with Gasteiger partial charge in [-0.15, -0.1) is 0 Å². The zero-order chi connectivity index (χ0) is 16.4. The van der Waals surface area contributed by atoms with E-state index >= 15 is 0 Å². The quantitative estimate of drug-likeness (QED) is 0.497. The summed E-state index contributed by atoms with van der Waals surface area (Å²) >= 11 is 11.3. The Balaban J connectivity index is 3.24. The molecule has 0 bridgehead atoms. The zero-order valence-corrected chi connectivity index (χ0v) is 12.3. The van der Waals surface area contributed by atoms with E-state index in [9.17, 15) is 26.2 Å². The fourth-order valence-corrected chi connectivity index (χ4v) is 2.85. The van der Waals surface area contributed by atoms with Gasteiger partial charge in [-0.3, -0.25) is 4.21 Å². The summed E-state index contributed by atoms with van der Waals surface area (Å²) in [5.74, 6) is -2.71. The lowest BCUT2D eigenvalue weighted by Gasteiger charge is -2.10. The van der Waals surface area contributed by atoms with Gasteiger partial charge in [0.15, 0.2) is 5.84 Å². The van der Waals surface area contributed by atoms with E-state index < -0.39 is 39.9 Å². The minimum absolute atomic E-state index is 0.212. The predicted octanol–water partition coefficient (Wildman–Crippen LogP) is 3.92. The Morgan fingerprint density at radius 3 is 2.33 bits per heavy atom. The summed E-state index contributed by atoms with van der Waals surface area (Å²) in [5, 5.41) is -0.506. The summed E-state index contributed by atoms with van der Waals surface area (Å²) in [4.78, 5) is 2.86. The summed E-state index contributed by atoms with van der Waals surface area (Å²) in [6.45, 7) is 0. The second kappa shape index (κ2) is 6.89. The molecule has 0 aliphatic heterocycles. The van der Waals surface area contributed by atoms with Gasteiger partial charge in [0, 0.05) is 0 Å². The number of benzene rings is 1. The van der Waals surface area contributed by atoms with Gasteiger partial charge in [-0.1, -0.05) is 23.2 Å². The van der Waals surface area contributed by atoms with E-state index in [0.717, 1.165) is 12.1 Å². The van der Waals surface area contributed by atoms with E-state index in [2.05, 4.69) is 4.99 Å². The molecule has 1 aromatic carbocycles. The Morgan fingerprint density at radius 2 is 1.86 bits per heavy atom. The van der Waals surface area contributed by atoms with Crippen LogP contribution in [0.5, 0.6) is 0 Å². The average Bonchev–Trinajstić information content (AvgIpc) is 2.29. The molecule has 0 saturated carbocycles. The van der Waals surface area contributed by atoms with Crippen molar-refractivity contribution in [2.45, 2.75) is 17.5 Å². The first-order chi connectivity index (χ1) is 9.51. The molecule has 1 unspecified atom stereocenters. The Kier molecular flexibility index (Phi) is 5.94. The van der Waals surface area contributed by atoms with Crippen molar-refractivity contribution in [1.82, 2.24) is 0 Å². The van der Waals surface area contributed by atoms with E-state index in [-0.39, 0.29) is 15.7 Å². The smallest absolute Gasteiger partial charge is 0.382 e. The lowest BCUT2D eigenvalue weighted by molar-refractivity contribution is -0.105. The number of amidine groups is 1. The Bertz CT molecular complexity index is 592. The van der Waals surface area contributed by atoms with Crippen LogP contribution in [0.4, 0.5) is 27.6 Å². The number of nitrogens with zero attached hydrogens (tertiary/aromatic N) is 1. The van der Waals surface area contributed by atoms with E-state index in [1.54, 1.807) is 0 Å². The van der Waals surface area contributed by atoms with Crippen LogP contribution in [0.2, 0.25) is 10.0 Å². The van der Waals surface area contributed by atoms with Crippen molar-refractivity contribution < 1.29 is 26.2 Å². The largest absolute Gasteiger partial charge is 0.400 e. The maximum atomic E-state index is 12.3. The number of rotatable bonds is 4. The Labute approximate surface area is 128 Å². The topological polar surface area (TPSA) is 55.4 Å². The van der Waals surface area contributed by atoms with Crippen molar-refractivity contribution in [2.24, 2.45) is 10.7 Å². The van der Waals surface area contributed by atoms with Crippen molar-refractivity contribution in [3.8, 4) is 0 Å². The van der Waals surface area contributed by atoms with Gasteiger partial charge in [-0.05, 0) is 12.1 Å². The Hall–Kier alpha value is -0.930. The van der Waals surface area contributed by atoms with Crippen LogP contribution in [0, 0.1) is 0 Å². The lowest BCUT2D eigenvalue weighted by atomic mass is 10.3. The monoisotopic (exact) mass is 368 g/mol. The number of halogens is 7. The molecule has 1 atom stereocenters. The van der Waals surface area contributed by atoms with Crippen LogP contribution < -0.4 is 5.73 Å². The van der Waals surface area contributed by atoms with Crippen LogP contribution in [-0.2, 0) is 10.8 Å². The van der Waals surface area contributed by atoms with E-state index in [1.165, 1.54) is 0 Å². The van der Waals surface area contributed by atoms with E-state index in [4.69, 9.17) is 28.9 Å². The van der Waals surface area contributed by atoms with Crippen LogP contribution in [0.15, 0.2) is 22.0 Å². The molecule has 118 valence electrons. The van der Waals surface area contributed by atoms with E-state index in [0.29, 0.717) is 0 Å². The van der Waals surface area contributed by atoms with Gasteiger partial charge in [0.25, 0.3) is 6.43 Å². The highest BCUT2D eigenvalue weighted by Gasteiger charge is 2.32. The third-order valence-electron chi connectivity index (χ3n) is 2.01. The van der Waals surface area contributed by atoms with Gasteiger partial charge in [0.2, 0.25) is 0 Å². The SMILES string of the molecule is NC(=Nc1cc(S(=O)CC(F)(F)F)c(Cl)cc1Cl)C(F)F. The van der Waals surface area contributed by atoms with Gasteiger partial charge < -0.3 is 5.73 Å². The molecule has 11 heteroatoms. The van der Waals surface area contributed by atoms with Crippen LogP contribution >= 0.6 is 23.2 Å². The fraction of sp³-hybridized carbons (Fsp3) is 0.300. The van der Waals surface area contributed by atoms with Crippen molar-refractivity contribution in [2.75, 3.05) is 5.75 Å². The second-order valence-electron chi connectivity index (χ2n) is 3.68. The van der Waals surface area contributed by atoms with Crippen molar-refractivity contribution in [3.05, 3.63) is 22.2 Å². The summed E-state index contributed by atoms with van der Waals surface area (Å²) in [5.41, 5.74) is 4.59. The maximum absolute atomic E-state index is 12.3. The molecule has 0 heterocycles. The molecule has 0 saturated heterocycles. The molecular formula is C10H7Cl2F5N2OS. The summed E-state index contributed by atoms with van der Waals surface area (Å²) < 4.78 is 72.8. The minimum Gasteiger partial charge on any atom is -0.382 e. The molecule has 1 rings (SSSR count). The third-order valence-corrected chi connectivity index (χ3v) is 4.16. The lowest BCUT2D eigenvalue weighted by Crippen LogP contribution is -2.20. The second-order valence-corrected chi connectivity index (χ2v) is 5.91. The van der Waals surface area contributed by atoms with Gasteiger partial charge in [0.1, 0.15) is 5.75 Å². The number of hydrogen-bond acceptors (Lipinski definition) is 2. The summed E-state index contributed by atoms with van der Waals surface area (Å²) in [6.07, 6.45) is -7.75. The first-order valence-electron chi connectivity index (χ1n) is 5.07. The van der Waals surface area contributed by atoms with Crippen molar-refractivity contribution in [1.29, 1.82) is 0 Å². The molecule has 0 aliphatic rings. The zero-order valence-electron chi connectivity index (χ0n) is 9.93.